The fourth-order valence-corrected chi connectivity index (χ4v) is 2.77. The molecule has 2 heterocycles. The second-order valence-electron chi connectivity index (χ2n) is 4.83. The number of aliphatic imine (C=N–C) groups is 1. The first-order valence-corrected chi connectivity index (χ1v) is 6.15. The summed E-state index contributed by atoms with van der Waals surface area (Å²) >= 11 is 0. The van der Waals surface area contributed by atoms with Crippen LogP contribution in [0.2, 0.25) is 0 Å². The number of rotatable bonds is 1. The summed E-state index contributed by atoms with van der Waals surface area (Å²) in [6.45, 7) is 2.07. The van der Waals surface area contributed by atoms with Gasteiger partial charge in [-0.25, -0.2) is 4.39 Å². The summed E-state index contributed by atoms with van der Waals surface area (Å²) in [5.74, 6) is 0.219. The molecule has 2 aliphatic rings. The fraction of sp³-hybridized carbons (Fsp3) is 0.462. The maximum absolute atomic E-state index is 13.4. The number of anilines is 1. The van der Waals surface area contributed by atoms with Gasteiger partial charge in [-0.1, -0.05) is 6.07 Å². The third kappa shape index (κ3) is 1.75. The van der Waals surface area contributed by atoms with Gasteiger partial charge in [0.1, 0.15) is 5.82 Å². The van der Waals surface area contributed by atoms with Gasteiger partial charge in [0, 0.05) is 18.9 Å². The Morgan fingerprint density at radius 2 is 2.11 bits per heavy atom. The van der Waals surface area contributed by atoms with Gasteiger partial charge in [0.15, 0.2) is 5.96 Å². The first-order valence-electron chi connectivity index (χ1n) is 6.15. The van der Waals surface area contributed by atoms with Crippen LogP contribution >= 0.6 is 0 Å². The second-order valence-corrected chi connectivity index (χ2v) is 4.83. The zero-order chi connectivity index (χ0) is 12.6. The molecule has 0 atom stereocenters. The number of guanidine groups is 1. The van der Waals surface area contributed by atoms with Gasteiger partial charge in [0.25, 0.3) is 0 Å². The van der Waals surface area contributed by atoms with E-state index in [1.165, 1.54) is 12.1 Å². The molecule has 5 heteroatoms. The van der Waals surface area contributed by atoms with Gasteiger partial charge in [0.05, 0.1) is 12.1 Å². The van der Waals surface area contributed by atoms with Gasteiger partial charge in [-0.15, -0.1) is 0 Å². The van der Waals surface area contributed by atoms with E-state index in [1.807, 2.05) is 11.0 Å². The molecular weight excluding hydrogens is 233 g/mol. The van der Waals surface area contributed by atoms with Crippen molar-refractivity contribution in [2.24, 2.45) is 10.7 Å². The Morgan fingerprint density at radius 3 is 2.83 bits per heavy atom. The van der Waals surface area contributed by atoms with E-state index in [1.54, 1.807) is 6.07 Å². The standard InChI is InChI=1S/C13H16FN3O/c14-10-2-1-3-11(8-10)17-12(15)16-9-13(17)4-6-18-7-5-13/h1-3,8H,4-7,9H2,(H2,15,16). The highest BCUT2D eigenvalue weighted by atomic mass is 19.1. The van der Waals surface area contributed by atoms with Crippen molar-refractivity contribution in [3.8, 4) is 0 Å². The van der Waals surface area contributed by atoms with Crippen molar-refractivity contribution in [3.05, 3.63) is 30.1 Å². The van der Waals surface area contributed by atoms with Crippen molar-refractivity contribution in [1.29, 1.82) is 0 Å². The Bertz CT molecular complexity index is 483. The molecule has 1 aromatic carbocycles. The molecule has 96 valence electrons. The van der Waals surface area contributed by atoms with Crippen LogP contribution in [0.5, 0.6) is 0 Å². The number of hydrogen-bond donors (Lipinski definition) is 1. The van der Waals surface area contributed by atoms with Crippen LogP contribution in [0.15, 0.2) is 29.3 Å². The number of ether oxygens (including phenoxy) is 1. The molecule has 4 nitrogen and oxygen atoms in total. The minimum absolute atomic E-state index is 0.129. The molecule has 0 bridgehead atoms. The van der Waals surface area contributed by atoms with Crippen LogP contribution in [0.1, 0.15) is 12.8 Å². The molecule has 1 aromatic rings. The summed E-state index contributed by atoms with van der Waals surface area (Å²) in [6.07, 6.45) is 1.74. The van der Waals surface area contributed by atoms with Crippen molar-refractivity contribution in [1.82, 2.24) is 0 Å². The topological polar surface area (TPSA) is 50.9 Å². The molecular formula is C13H16FN3O. The smallest absolute Gasteiger partial charge is 0.196 e. The maximum atomic E-state index is 13.4. The zero-order valence-electron chi connectivity index (χ0n) is 10.1. The van der Waals surface area contributed by atoms with E-state index in [0.717, 1.165) is 18.5 Å². The Labute approximate surface area is 105 Å². The van der Waals surface area contributed by atoms with E-state index in [4.69, 9.17) is 10.5 Å². The highest BCUT2D eigenvalue weighted by molar-refractivity contribution is 5.98. The summed E-state index contributed by atoms with van der Waals surface area (Å²) in [5, 5.41) is 0. The second kappa shape index (κ2) is 4.24. The molecule has 0 radical (unpaired) electrons. The predicted octanol–water partition coefficient (Wildman–Crippen LogP) is 1.51. The summed E-state index contributed by atoms with van der Waals surface area (Å²) in [7, 11) is 0. The minimum Gasteiger partial charge on any atom is -0.381 e. The average molecular weight is 249 g/mol. The summed E-state index contributed by atoms with van der Waals surface area (Å²) in [5.41, 5.74) is 6.62. The third-order valence-electron chi connectivity index (χ3n) is 3.73. The summed E-state index contributed by atoms with van der Waals surface area (Å²) in [4.78, 5) is 6.31. The number of benzene rings is 1. The molecule has 18 heavy (non-hydrogen) atoms. The lowest BCUT2D eigenvalue weighted by Crippen LogP contribution is -2.54. The Morgan fingerprint density at radius 1 is 1.33 bits per heavy atom. The molecule has 1 fully saturated rings. The zero-order valence-corrected chi connectivity index (χ0v) is 10.1. The van der Waals surface area contributed by atoms with Crippen LogP contribution in [0, 0.1) is 5.82 Å². The van der Waals surface area contributed by atoms with E-state index in [0.29, 0.717) is 25.7 Å². The van der Waals surface area contributed by atoms with Crippen molar-refractivity contribution >= 4 is 11.6 Å². The van der Waals surface area contributed by atoms with E-state index >= 15 is 0 Å². The molecule has 2 N–H and O–H groups in total. The number of nitrogens with zero attached hydrogens (tertiary/aromatic N) is 2. The van der Waals surface area contributed by atoms with E-state index in [-0.39, 0.29) is 11.4 Å². The Balaban J connectivity index is 1.98. The van der Waals surface area contributed by atoms with Gasteiger partial charge in [-0.2, -0.15) is 0 Å². The van der Waals surface area contributed by atoms with Crippen LogP contribution in [0.3, 0.4) is 0 Å². The van der Waals surface area contributed by atoms with Crippen molar-refractivity contribution in [3.63, 3.8) is 0 Å². The van der Waals surface area contributed by atoms with Gasteiger partial charge < -0.3 is 15.4 Å². The average Bonchev–Trinajstić information content (AvgIpc) is 2.67. The van der Waals surface area contributed by atoms with Gasteiger partial charge in [-0.05, 0) is 31.0 Å². The number of halogens is 1. The lowest BCUT2D eigenvalue weighted by Gasteiger charge is -2.41. The van der Waals surface area contributed by atoms with Crippen molar-refractivity contribution in [2.75, 3.05) is 24.7 Å². The minimum atomic E-state index is -0.255. The van der Waals surface area contributed by atoms with Crippen molar-refractivity contribution < 1.29 is 9.13 Å². The lowest BCUT2D eigenvalue weighted by atomic mass is 9.88. The van der Waals surface area contributed by atoms with Gasteiger partial charge in [0.2, 0.25) is 0 Å². The molecule has 3 rings (SSSR count). The van der Waals surface area contributed by atoms with Crippen LogP contribution < -0.4 is 10.6 Å². The van der Waals surface area contributed by atoms with Gasteiger partial charge in [-0.3, -0.25) is 4.99 Å². The molecule has 0 saturated carbocycles. The lowest BCUT2D eigenvalue weighted by molar-refractivity contribution is 0.0594. The fourth-order valence-electron chi connectivity index (χ4n) is 2.77. The normalized spacial score (nSPS) is 22.3. The van der Waals surface area contributed by atoms with Crippen LogP contribution in [-0.4, -0.2) is 31.3 Å². The molecule has 0 aliphatic carbocycles. The molecule has 0 unspecified atom stereocenters. The highest BCUT2D eigenvalue weighted by Gasteiger charge is 2.44. The first-order chi connectivity index (χ1) is 8.71. The number of hydrogen-bond acceptors (Lipinski definition) is 4. The van der Waals surface area contributed by atoms with E-state index in [9.17, 15) is 4.39 Å². The summed E-state index contributed by atoms with van der Waals surface area (Å²) in [6, 6.07) is 6.51. The van der Waals surface area contributed by atoms with E-state index in [2.05, 4.69) is 4.99 Å². The SMILES string of the molecule is NC1=NCC2(CCOCC2)N1c1cccc(F)c1. The predicted molar refractivity (Wildman–Crippen MR) is 68.2 cm³/mol. The first kappa shape index (κ1) is 11.5. The van der Waals surface area contributed by atoms with Crippen LogP contribution in [0.25, 0.3) is 0 Å². The van der Waals surface area contributed by atoms with E-state index < -0.39 is 0 Å². The Hall–Kier alpha value is -1.62. The van der Waals surface area contributed by atoms with Crippen molar-refractivity contribution in [2.45, 2.75) is 18.4 Å². The quantitative estimate of drug-likeness (QED) is 0.820. The molecule has 2 aliphatic heterocycles. The maximum Gasteiger partial charge on any atom is 0.196 e. The highest BCUT2D eigenvalue weighted by Crippen LogP contribution is 2.36. The van der Waals surface area contributed by atoms with Gasteiger partial charge >= 0.3 is 0 Å². The number of nitrogens with two attached hydrogens (primary N) is 1. The Kier molecular flexibility index (Phi) is 2.70. The molecule has 1 spiro atoms. The largest absolute Gasteiger partial charge is 0.381 e. The molecule has 0 aromatic heterocycles. The molecule has 0 amide bonds. The third-order valence-corrected chi connectivity index (χ3v) is 3.73. The van der Waals surface area contributed by atoms with Crippen LogP contribution in [0.4, 0.5) is 10.1 Å². The van der Waals surface area contributed by atoms with Crippen LogP contribution in [-0.2, 0) is 4.74 Å². The molecule has 1 saturated heterocycles. The summed E-state index contributed by atoms with van der Waals surface area (Å²) < 4.78 is 18.8. The monoisotopic (exact) mass is 249 g/mol.